The molecule has 104 valence electrons. The number of hydrogen-bond donors (Lipinski definition) is 1. The Kier molecular flexibility index (Phi) is 4.57. The van der Waals surface area contributed by atoms with Crippen LogP contribution in [0.4, 0.5) is 0 Å². The molecule has 1 saturated carbocycles. The molecule has 1 aliphatic rings. The monoisotopic (exact) mass is 323 g/mol. The molecule has 1 nitrogen and oxygen atoms in total. The molecule has 0 aromatic heterocycles. The fourth-order valence-electron chi connectivity index (χ4n) is 2.00. The van der Waals surface area contributed by atoms with Gasteiger partial charge in [-0.15, -0.1) is 0 Å². The summed E-state index contributed by atoms with van der Waals surface area (Å²) in [6.07, 6.45) is 2.58. The van der Waals surface area contributed by atoms with E-state index >= 15 is 0 Å². The summed E-state index contributed by atoms with van der Waals surface area (Å²) in [6, 6.07) is 14.6. The van der Waals surface area contributed by atoms with Gasteiger partial charge in [-0.25, -0.2) is 0 Å². The quantitative estimate of drug-likeness (QED) is 0.790. The van der Waals surface area contributed by atoms with Gasteiger partial charge in [0, 0.05) is 27.4 Å². The molecule has 0 spiro atoms. The van der Waals surface area contributed by atoms with Crippen molar-refractivity contribution in [3.05, 3.63) is 58.1 Å². The van der Waals surface area contributed by atoms with Gasteiger partial charge in [-0.3, -0.25) is 0 Å². The molecule has 0 unspecified atom stereocenters. The van der Waals surface area contributed by atoms with Crippen molar-refractivity contribution in [1.82, 2.24) is 5.32 Å². The van der Waals surface area contributed by atoms with Gasteiger partial charge < -0.3 is 5.32 Å². The van der Waals surface area contributed by atoms with Crippen LogP contribution in [0, 0.1) is 0 Å². The number of rotatable bonds is 5. The lowest BCUT2D eigenvalue weighted by atomic mass is 10.2. The molecule has 3 rings (SSSR count). The molecule has 20 heavy (non-hydrogen) atoms. The molecule has 2 aromatic rings. The number of hydrogen-bond acceptors (Lipinski definition) is 2. The number of halogens is 2. The molecule has 1 aliphatic carbocycles. The predicted octanol–water partition coefficient (Wildman–Crippen LogP) is 5.40. The van der Waals surface area contributed by atoms with E-state index in [1.807, 2.05) is 30.3 Å². The van der Waals surface area contributed by atoms with Crippen LogP contribution < -0.4 is 5.32 Å². The molecular formula is C16H15Cl2NS. The Morgan fingerprint density at radius 3 is 2.65 bits per heavy atom. The van der Waals surface area contributed by atoms with Crippen molar-refractivity contribution in [2.45, 2.75) is 35.2 Å². The van der Waals surface area contributed by atoms with Crippen LogP contribution in [-0.2, 0) is 6.54 Å². The van der Waals surface area contributed by atoms with E-state index in [0.29, 0.717) is 6.04 Å². The van der Waals surface area contributed by atoms with Gasteiger partial charge in [-0.1, -0.05) is 53.2 Å². The van der Waals surface area contributed by atoms with Crippen LogP contribution in [0.15, 0.2) is 52.3 Å². The number of nitrogens with one attached hydrogen (secondary N) is 1. The van der Waals surface area contributed by atoms with Crippen LogP contribution in [0.25, 0.3) is 0 Å². The minimum Gasteiger partial charge on any atom is -0.310 e. The van der Waals surface area contributed by atoms with Crippen molar-refractivity contribution in [3.8, 4) is 0 Å². The first-order valence-electron chi connectivity index (χ1n) is 6.66. The standard InChI is InChI=1S/C16H15Cl2NS/c17-12-4-2-5-14(9-12)20-16-11(3-1-6-15(16)18)10-19-13-7-8-13/h1-6,9,13,19H,7-8,10H2. The Balaban J connectivity index is 1.82. The topological polar surface area (TPSA) is 12.0 Å². The van der Waals surface area contributed by atoms with Gasteiger partial charge in [0.15, 0.2) is 0 Å². The summed E-state index contributed by atoms with van der Waals surface area (Å²) in [6.45, 7) is 0.869. The van der Waals surface area contributed by atoms with Crippen LogP contribution in [-0.4, -0.2) is 6.04 Å². The number of benzene rings is 2. The first kappa shape index (κ1) is 14.3. The van der Waals surface area contributed by atoms with Crippen LogP contribution in [0.2, 0.25) is 10.0 Å². The molecule has 0 radical (unpaired) electrons. The first-order valence-corrected chi connectivity index (χ1v) is 8.24. The van der Waals surface area contributed by atoms with E-state index < -0.39 is 0 Å². The molecule has 0 atom stereocenters. The first-order chi connectivity index (χ1) is 9.72. The Hall–Kier alpha value is -0.670. The van der Waals surface area contributed by atoms with Crippen molar-refractivity contribution < 1.29 is 0 Å². The van der Waals surface area contributed by atoms with Gasteiger partial charge in [0.05, 0.1) is 5.02 Å². The van der Waals surface area contributed by atoms with Crippen molar-refractivity contribution in [1.29, 1.82) is 0 Å². The molecule has 0 saturated heterocycles. The fraction of sp³-hybridized carbons (Fsp3) is 0.250. The Bertz CT molecular complexity index is 611. The molecule has 0 aliphatic heterocycles. The zero-order chi connectivity index (χ0) is 13.9. The minimum absolute atomic E-state index is 0.693. The lowest BCUT2D eigenvalue weighted by Crippen LogP contribution is -2.15. The maximum absolute atomic E-state index is 6.37. The van der Waals surface area contributed by atoms with E-state index in [-0.39, 0.29) is 0 Å². The fourth-order valence-corrected chi connectivity index (χ4v) is 3.57. The summed E-state index contributed by atoms with van der Waals surface area (Å²) in [5.41, 5.74) is 1.24. The highest BCUT2D eigenvalue weighted by Crippen LogP contribution is 2.37. The highest BCUT2D eigenvalue weighted by molar-refractivity contribution is 7.99. The zero-order valence-electron chi connectivity index (χ0n) is 10.9. The van der Waals surface area contributed by atoms with Crippen molar-refractivity contribution in [2.75, 3.05) is 0 Å². The van der Waals surface area contributed by atoms with E-state index in [1.165, 1.54) is 18.4 Å². The average Bonchev–Trinajstić information content (AvgIpc) is 3.24. The average molecular weight is 324 g/mol. The smallest absolute Gasteiger partial charge is 0.0548 e. The molecule has 1 fully saturated rings. The second kappa shape index (κ2) is 6.40. The molecular weight excluding hydrogens is 309 g/mol. The van der Waals surface area contributed by atoms with Gasteiger partial charge in [0.2, 0.25) is 0 Å². The molecule has 2 aromatic carbocycles. The van der Waals surface area contributed by atoms with E-state index in [9.17, 15) is 0 Å². The van der Waals surface area contributed by atoms with E-state index in [4.69, 9.17) is 23.2 Å². The largest absolute Gasteiger partial charge is 0.310 e. The minimum atomic E-state index is 0.693. The highest BCUT2D eigenvalue weighted by Gasteiger charge is 2.20. The van der Waals surface area contributed by atoms with E-state index in [1.54, 1.807) is 11.8 Å². The van der Waals surface area contributed by atoms with Crippen molar-refractivity contribution in [3.63, 3.8) is 0 Å². The van der Waals surface area contributed by atoms with Gasteiger partial charge in [-0.05, 0) is 42.7 Å². The summed E-state index contributed by atoms with van der Waals surface area (Å²) < 4.78 is 0. The Labute approximate surface area is 133 Å². The van der Waals surface area contributed by atoms with Gasteiger partial charge in [0.1, 0.15) is 0 Å². The maximum atomic E-state index is 6.37. The maximum Gasteiger partial charge on any atom is 0.0548 e. The zero-order valence-corrected chi connectivity index (χ0v) is 13.2. The highest BCUT2D eigenvalue weighted by atomic mass is 35.5. The Morgan fingerprint density at radius 1 is 1.10 bits per heavy atom. The second-order valence-electron chi connectivity index (χ2n) is 4.94. The van der Waals surface area contributed by atoms with E-state index in [0.717, 1.165) is 26.4 Å². The van der Waals surface area contributed by atoms with Gasteiger partial charge in [-0.2, -0.15) is 0 Å². The summed E-state index contributed by atoms with van der Waals surface area (Å²) in [5.74, 6) is 0. The summed E-state index contributed by atoms with van der Waals surface area (Å²) in [5, 5.41) is 5.09. The van der Waals surface area contributed by atoms with Crippen molar-refractivity contribution in [2.24, 2.45) is 0 Å². The third-order valence-corrected chi connectivity index (χ3v) is 5.06. The summed E-state index contributed by atoms with van der Waals surface area (Å²) in [7, 11) is 0. The predicted molar refractivity (Wildman–Crippen MR) is 86.9 cm³/mol. The van der Waals surface area contributed by atoms with E-state index in [2.05, 4.69) is 17.4 Å². The lowest BCUT2D eigenvalue weighted by molar-refractivity contribution is 0.680. The molecule has 0 amide bonds. The van der Waals surface area contributed by atoms with Crippen molar-refractivity contribution >= 4 is 35.0 Å². The third kappa shape index (κ3) is 3.70. The second-order valence-corrected chi connectivity index (χ2v) is 6.87. The summed E-state index contributed by atoms with van der Waals surface area (Å²) >= 11 is 14.1. The SMILES string of the molecule is Clc1cccc(Sc2c(Cl)cccc2CNC2CC2)c1. The molecule has 0 bridgehead atoms. The van der Waals surface area contributed by atoms with Gasteiger partial charge >= 0.3 is 0 Å². The summed E-state index contributed by atoms with van der Waals surface area (Å²) in [4.78, 5) is 2.22. The van der Waals surface area contributed by atoms with Crippen LogP contribution >= 0.6 is 35.0 Å². The normalized spacial score (nSPS) is 14.5. The van der Waals surface area contributed by atoms with Crippen LogP contribution in [0.5, 0.6) is 0 Å². The lowest BCUT2D eigenvalue weighted by Gasteiger charge is -2.12. The molecule has 1 N–H and O–H groups in total. The Morgan fingerprint density at radius 2 is 1.90 bits per heavy atom. The van der Waals surface area contributed by atoms with Gasteiger partial charge in [0.25, 0.3) is 0 Å². The third-order valence-electron chi connectivity index (χ3n) is 3.22. The molecule has 4 heteroatoms. The van der Waals surface area contributed by atoms with Crippen LogP contribution in [0.1, 0.15) is 18.4 Å². The molecule has 0 heterocycles. The van der Waals surface area contributed by atoms with Crippen LogP contribution in [0.3, 0.4) is 0 Å².